The monoisotopic (exact) mass is 279 g/mol. The molecule has 0 amide bonds. The molecule has 0 bridgehead atoms. The minimum absolute atomic E-state index is 0.175. The van der Waals surface area contributed by atoms with Crippen LogP contribution >= 0.6 is 0 Å². The Bertz CT molecular complexity index is 551. The number of nitro groups is 2. The van der Waals surface area contributed by atoms with E-state index in [9.17, 15) is 20.2 Å². The van der Waals surface area contributed by atoms with Crippen LogP contribution in [0.25, 0.3) is 0 Å². The van der Waals surface area contributed by atoms with Crippen LogP contribution in [0.4, 0.5) is 17.1 Å². The van der Waals surface area contributed by atoms with Crippen LogP contribution in [-0.4, -0.2) is 22.9 Å². The average Bonchev–Trinajstić information content (AvgIpc) is 2.39. The first-order valence-corrected chi connectivity index (χ1v) is 6.58. The summed E-state index contributed by atoms with van der Waals surface area (Å²) in [6.07, 6.45) is 1.96. The van der Waals surface area contributed by atoms with Crippen molar-refractivity contribution in [2.24, 2.45) is 5.92 Å². The Balaban J connectivity index is 2.46. The number of nitrogens with zero attached hydrogens (tertiary/aromatic N) is 3. The number of hydrogen-bond acceptors (Lipinski definition) is 5. The van der Waals surface area contributed by atoms with E-state index in [4.69, 9.17) is 0 Å². The van der Waals surface area contributed by atoms with E-state index < -0.39 is 9.85 Å². The first-order chi connectivity index (χ1) is 9.40. The quantitative estimate of drug-likeness (QED) is 0.626. The Morgan fingerprint density at radius 2 is 1.75 bits per heavy atom. The second-order valence-electron chi connectivity index (χ2n) is 5.31. The van der Waals surface area contributed by atoms with Crippen molar-refractivity contribution in [1.29, 1.82) is 0 Å². The molecular formula is C13H17N3O4. The van der Waals surface area contributed by atoms with E-state index >= 15 is 0 Å². The Kier molecular flexibility index (Phi) is 3.87. The third-order valence-electron chi connectivity index (χ3n) is 3.77. The van der Waals surface area contributed by atoms with Crippen LogP contribution in [-0.2, 0) is 0 Å². The van der Waals surface area contributed by atoms with Crippen LogP contribution in [0.15, 0.2) is 12.1 Å². The van der Waals surface area contributed by atoms with Crippen LogP contribution in [0.5, 0.6) is 0 Å². The van der Waals surface area contributed by atoms with Gasteiger partial charge in [0.05, 0.1) is 15.9 Å². The number of aryl methyl sites for hydroxylation is 1. The standard InChI is InChI=1S/C13H17N3O4/c1-9-3-5-14(6-4-9)13-10(2)7-11(15(17)18)8-12(13)16(19)20/h7-9H,3-6H2,1-2H3. The second kappa shape index (κ2) is 5.44. The molecule has 1 heterocycles. The average molecular weight is 279 g/mol. The lowest BCUT2D eigenvalue weighted by molar-refractivity contribution is -0.393. The molecule has 0 spiro atoms. The highest BCUT2D eigenvalue weighted by Gasteiger charge is 2.28. The summed E-state index contributed by atoms with van der Waals surface area (Å²) in [6.45, 7) is 5.35. The van der Waals surface area contributed by atoms with E-state index in [1.54, 1.807) is 6.92 Å². The summed E-state index contributed by atoms with van der Waals surface area (Å²) in [7, 11) is 0. The SMILES string of the molecule is Cc1cc([N+](=O)[O-])cc([N+](=O)[O-])c1N1CCC(C)CC1. The maximum Gasteiger partial charge on any atom is 0.299 e. The molecule has 0 saturated carbocycles. The lowest BCUT2D eigenvalue weighted by Crippen LogP contribution is -2.33. The van der Waals surface area contributed by atoms with Gasteiger partial charge in [-0.05, 0) is 31.2 Å². The number of nitro benzene ring substituents is 2. The zero-order chi connectivity index (χ0) is 14.9. The normalized spacial score (nSPS) is 16.2. The van der Waals surface area contributed by atoms with Gasteiger partial charge >= 0.3 is 0 Å². The molecule has 0 atom stereocenters. The van der Waals surface area contributed by atoms with E-state index in [1.165, 1.54) is 6.07 Å². The molecule has 2 rings (SSSR count). The van der Waals surface area contributed by atoms with Crippen molar-refractivity contribution in [1.82, 2.24) is 0 Å². The summed E-state index contributed by atoms with van der Waals surface area (Å²) in [5.41, 5.74) is 0.697. The van der Waals surface area contributed by atoms with Crippen LogP contribution in [0.3, 0.4) is 0 Å². The van der Waals surface area contributed by atoms with E-state index in [0.717, 1.165) is 32.0 Å². The largest absolute Gasteiger partial charge is 0.366 e. The summed E-state index contributed by atoms with van der Waals surface area (Å²) in [5.74, 6) is 0.615. The highest BCUT2D eigenvalue weighted by Crippen LogP contribution is 2.37. The first-order valence-electron chi connectivity index (χ1n) is 6.58. The molecule has 7 nitrogen and oxygen atoms in total. The first kappa shape index (κ1) is 14.2. The summed E-state index contributed by atoms with van der Waals surface area (Å²) in [4.78, 5) is 22.9. The highest BCUT2D eigenvalue weighted by atomic mass is 16.6. The fourth-order valence-electron chi connectivity index (χ4n) is 2.63. The molecule has 1 aromatic rings. The van der Waals surface area contributed by atoms with Crippen molar-refractivity contribution < 1.29 is 9.85 Å². The zero-order valence-corrected chi connectivity index (χ0v) is 11.5. The van der Waals surface area contributed by atoms with Crippen molar-refractivity contribution in [3.63, 3.8) is 0 Å². The third-order valence-corrected chi connectivity index (χ3v) is 3.77. The van der Waals surface area contributed by atoms with Gasteiger partial charge in [-0.3, -0.25) is 20.2 Å². The molecular weight excluding hydrogens is 262 g/mol. The van der Waals surface area contributed by atoms with Gasteiger partial charge in [0.15, 0.2) is 0 Å². The summed E-state index contributed by atoms with van der Waals surface area (Å²) in [5, 5.41) is 22.0. The number of piperidine rings is 1. The number of hydrogen-bond donors (Lipinski definition) is 0. The molecule has 0 unspecified atom stereocenters. The number of anilines is 1. The van der Waals surface area contributed by atoms with Gasteiger partial charge in [-0.2, -0.15) is 0 Å². The van der Waals surface area contributed by atoms with Gasteiger partial charge in [0.1, 0.15) is 5.69 Å². The van der Waals surface area contributed by atoms with Gasteiger partial charge in [0, 0.05) is 19.2 Å². The van der Waals surface area contributed by atoms with Gasteiger partial charge < -0.3 is 4.90 Å². The topological polar surface area (TPSA) is 89.5 Å². The molecule has 0 N–H and O–H groups in total. The van der Waals surface area contributed by atoms with E-state index in [1.807, 2.05) is 4.90 Å². The molecule has 0 aromatic heterocycles. The van der Waals surface area contributed by atoms with E-state index in [-0.39, 0.29) is 11.4 Å². The number of rotatable bonds is 3. The van der Waals surface area contributed by atoms with E-state index in [2.05, 4.69) is 6.92 Å². The molecule has 1 aliphatic rings. The minimum Gasteiger partial charge on any atom is -0.366 e. The van der Waals surface area contributed by atoms with E-state index in [0.29, 0.717) is 17.2 Å². The Morgan fingerprint density at radius 1 is 1.15 bits per heavy atom. The van der Waals surface area contributed by atoms with Crippen LogP contribution in [0.2, 0.25) is 0 Å². The van der Waals surface area contributed by atoms with Crippen LogP contribution in [0, 0.1) is 33.1 Å². The summed E-state index contributed by atoms with van der Waals surface area (Å²) in [6, 6.07) is 2.46. The van der Waals surface area contributed by atoms with Crippen LogP contribution < -0.4 is 4.90 Å². The van der Waals surface area contributed by atoms with Gasteiger partial charge in [-0.25, -0.2) is 0 Å². The lowest BCUT2D eigenvalue weighted by Gasteiger charge is -2.32. The van der Waals surface area contributed by atoms with Crippen molar-refractivity contribution in [2.45, 2.75) is 26.7 Å². The Labute approximate surface area is 116 Å². The number of non-ortho nitro benzene ring substituents is 1. The van der Waals surface area contributed by atoms with Gasteiger partial charge in [0.2, 0.25) is 0 Å². The third kappa shape index (κ3) is 2.71. The van der Waals surface area contributed by atoms with Gasteiger partial charge in [-0.15, -0.1) is 0 Å². The molecule has 108 valence electrons. The Morgan fingerprint density at radius 3 is 2.25 bits per heavy atom. The predicted molar refractivity (Wildman–Crippen MR) is 75.1 cm³/mol. The van der Waals surface area contributed by atoms with Crippen molar-refractivity contribution in [2.75, 3.05) is 18.0 Å². The van der Waals surface area contributed by atoms with Gasteiger partial charge in [-0.1, -0.05) is 6.92 Å². The number of benzene rings is 1. The molecule has 20 heavy (non-hydrogen) atoms. The molecule has 1 aromatic carbocycles. The molecule has 7 heteroatoms. The predicted octanol–water partition coefficient (Wildman–Crippen LogP) is 3.05. The maximum atomic E-state index is 11.2. The zero-order valence-electron chi connectivity index (χ0n) is 11.5. The van der Waals surface area contributed by atoms with Gasteiger partial charge in [0.25, 0.3) is 11.4 Å². The van der Waals surface area contributed by atoms with Crippen LogP contribution in [0.1, 0.15) is 25.3 Å². The maximum absolute atomic E-state index is 11.2. The summed E-state index contributed by atoms with van der Waals surface area (Å²) < 4.78 is 0. The molecule has 1 saturated heterocycles. The molecule has 0 radical (unpaired) electrons. The fourth-order valence-corrected chi connectivity index (χ4v) is 2.63. The van der Waals surface area contributed by atoms with Crippen molar-refractivity contribution >= 4 is 17.1 Å². The molecule has 0 aliphatic carbocycles. The highest BCUT2D eigenvalue weighted by molar-refractivity contribution is 5.71. The smallest absolute Gasteiger partial charge is 0.299 e. The van der Waals surface area contributed by atoms with Crippen molar-refractivity contribution in [3.8, 4) is 0 Å². The molecule has 1 aliphatic heterocycles. The minimum atomic E-state index is -0.595. The Hall–Kier alpha value is -2.18. The molecule has 1 fully saturated rings. The summed E-state index contributed by atoms with van der Waals surface area (Å²) >= 11 is 0. The lowest BCUT2D eigenvalue weighted by atomic mass is 9.97. The van der Waals surface area contributed by atoms with Crippen molar-refractivity contribution in [3.05, 3.63) is 37.9 Å². The fraction of sp³-hybridized carbons (Fsp3) is 0.538. The second-order valence-corrected chi connectivity index (χ2v) is 5.31.